The summed E-state index contributed by atoms with van der Waals surface area (Å²) in [5.74, 6) is 2.56. The van der Waals surface area contributed by atoms with Gasteiger partial charge in [0.2, 0.25) is 0 Å². The molecular weight excluding hydrogens is 428 g/mol. The molecule has 0 unspecified atom stereocenters. The van der Waals surface area contributed by atoms with Crippen molar-refractivity contribution in [3.05, 3.63) is 42.0 Å². The fourth-order valence-corrected chi connectivity index (χ4v) is 6.91. The molecule has 160 valence electrons. The molecule has 3 aromatic carbocycles. The number of rotatable bonds is 3. The first kappa shape index (κ1) is 20.0. The summed E-state index contributed by atoms with van der Waals surface area (Å²) in [4.78, 5) is 0. The predicted molar refractivity (Wildman–Crippen MR) is 132 cm³/mol. The molecule has 0 saturated carbocycles. The van der Waals surface area contributed by atoms with E-state index in [9.17, 15) is 0 Å². The van der Waals surface area contributed by atoms with Crippen LogP contribution >= 0.6 is 22.7 Å². The summed E-state index contributed by atoms with van der Waals surface area (Å²) in [7, 11) is 9.35. The maximum absolute atomic E-state index is 6.05. The molecule has 7 heteroatoms. The predicted octanol–water partition coefficient (Wildman–Crippen LogP) is 6.56. The molecule has 5 rings (SSSR count). The van der Waals surface area contributed by atoms with E-state index < -0.39 is 0 Å². The van der Waals surface area contributed by atoms with E-state index in [1.807, 2.05) is 6.07 Å². The van der Waals surface area contributed by atoms with Crippen molar-refractivity contribution < 1.29 is 14.2 Å². The highest BCUT2D eigenvalue weighted by Crippen LogP contribution is 2.48. The highest BCUT2D eigenvalue weighted by molar-refractivity contribution is 7.26. The van der Waals surface area contributed by atoms with E-state index in [0.717, 1.165) is 47.9 Å². The topological polar surface area (TPSA) is 37.6 Å². The van der Waals surface area contributed by atoms with E-state index >= 15 is 0 Å². The highest BCUT2D eigenvalue weighted by atomic mass is 32.1. The first-order valence-corrected chi connectivity index (χ1v) is 11.6. The minimum atomic E-state index is 0.837. The third-order valence-electron chi connectivity index (χ3n) is 5.78. The van der Waals surface area contributed by atoms with Crippen LogP contribution in [0.2, 0.25) is 0 Å². The summed E-state index contributed by atoms with van der Waals surface area (Å²) < 4.78 is 26.4. The lowest BCUT2D eigenvalue weighted by Crippen LogP contribution is -2.03. The number of methoxy groups -OCH3 is 3. The van der Waals surface area contributed by atoms with E-state index in [4.69, 9.17) is 14.2 Å². The maximum atomic E-state index is 6.05. The number of hydrogen-bond acceptors (Lipinski definition) is 5. The van der Waals surface area contributed by atoms with Gasteiger partial charge in [-0.3, -0.25) is 0 Å². The first-order valence-electron chi connectivity index (χ1n) is 9.92. The lowest BCUT2D eigenvalue weighted by atomic mass is 10.2. The standard InChI is InChI=1S/C24H24N2O3S2/c1-13-7-9-15-17(11-13)30-23-19(25(15)2)22(29-6)24-20(21(23)28-5)26(3)16-10-8-14(27-4)12-18(16)31-24/h7-12H,1-6H3. The van der Waals surface area contributed by atoms with Crippen LogP contribution in [0.15, 0.2) is 36.4 Å². The summed E-state index contributed by atoms with van der Waals surface area (Å²) in [5.41, 5.74) is 5.58. The van der Waals surface area contributed by atoms with Gasteiger partial charge in [0.15, 0.2) is 11.5 Å². The van der Waals surface area contributed by atoms with Crippen molar-refractivity contribution >= 4 is 63.5 Å². The van der Waals surface area contributed by atoms with Gasteiger partial charge in [-0.2, -0.15) is 0 Å². The molecule has 0 amide bonds. The summed E-state index contributed by atoms with van der Waals surface area (Å²) >= 11 is 3.43. The smallest absolute Gasteiger partial charge is 0.163 e. The van der Waals surface area contributed by atoms with Gasteiger partial charge in [-0.25, -0.2) is 0 Å². The Morgan fingerprint density at radius 1 is 0.677 bits per heavy atom. The molecule has 5 nitrogen and oxygen atoms in total. The molecule has 0 spiro atoms. The average molecular weight is 453 g/mol. The van der Waals surface area contributed by atoms with Crippen LogP contribution in [-0.2, 0) is 14.1 Å². The van der Waals surface area contributed by atoms with Crippen molar-refractivity contribution in [3.8, 4) is 17.2 Å². The number of benzene rings is 3. The lowest BCUT2D eigenvalue weighted by Gasteiger charge is -2.21. The van der Waals surface area contributed by atoms with Gasteiger partial charge in [0.1, 0.15) is 16.8 Å². The van der Waals surface area contributed by atoms with Crippen LogP contribution in [0.25, 0.3) is 40.9 Å². The minimum Gasteiger partial charge on any atom is -0.497 e. The second-order valence-corrected chi connectivity index (χ2v) is 9.65. The second-order valence-electron chi connectivity index (χ2n) is 7.55. The number of aromatic nitrogens is 2. The quantitative estimate of drug-likeness (QED) is 0.291. The Morgan fingerprint density at radius 2 is 1.19 bits per heavy atom. The Hall–Kier alpha value is -2.90. The summed E-state index contributed by atoms with van der Waals surface area (Å²) in [6.45, 7) is 2.12. The molecule has 0 aliphatic carbocycles. The minimum absolute atomic E-state index is 0.837. The van der Waals surface area contributed by atoms with Crippen molar-refractivity contribution in [1.29, 1.82) is 0 Å². The molecule has 0 bridgehead atoms. The molecule has 5 aromatic rings. The summed E-state index contributed by atoms with van der Waals surface area (Å²) in [6, 6.07) is 12.7. The van der Waals surface area contributed by atoms with E-state index in [1.165, 1.54) is 15.8 Å². The third kappa shape index (κ3) is 2.87. The zero-order valence-corrected chi connectivity index (χ0v) is 20.0. The Labute approximate surface area is 188 Å². The van der Waals surface area contributed by atoms with Gasteiger partial charge < -0.3 is 23.3 Å². The summed E-state index contributed by atoms with van der Waals surface area (Å²) in [6.07, 6.45) is 0. The van der Waals surface area contributed by atoms with Crippen LogP contribution in [0.5, 0.6) is 17.2 Å². The summed E-state index contributed by atoms with van der Waals surface area (Å²) in [5, 5.41) is 0. The molecule has 0 N–H and O–H groups in total. The van der Waals surface area contributed by atoms with E-state index in [-0.39, 0.29) is 0 Å². The molecule has 31 heavy (non-hydrogen) atoms. The fraction of sp³-hybridized carbons (Fsp3) is 0.250. The van der Waals surface area contributed by atoms with Crippen molar-refractivity contribution in [2.45, 2.75) is 6.92 Å². The molecule has 0 aliphatic heterocycles. The normalized spacial score (nSPS) is 11.5. The Bertz CT molecular complexity index is 1530. The largest absolute Gasteiger partial charge is 0.497 e. The molecule has 0 fully saturated rings. The second kappa shape index (κ2) is 7.35. The van der Waals surface area contributed by atoms with E-state index in [1.54, 1.807) is 44.0 Å². The van der Waals surface area contributed by atoms with Gasteiger partial charge in [0.05, 0.1) is 51.2 Å². The zero-order chi connectivity index (χ0) is 21.9. The number of fused-ring (bicyclic) bond motifs is 4. The van der Waals surface area contributed by atoms with Crippen LogP contribution in [0.1, 0.15) is 5.56 Å². The Balaban J connectivity index is 2.08. The van der Waals surface area contributed by atoms with Gasteiger partial charge in [-0.05, 0) is 42.8 Å². The van der Waals surface area contributed by atoms with Gasteiger partial charge in [-0.15, -0.1) is 22.7 Å². The SMILES string of the molecule is COc1ccc2c(c1)sc1c(OC)c3c(sc4cc(C)ccc4n3C)c(OC)c1n2C. The maximum Gasteiger partial charge on any atom is 0.163 e. The van der Waals surface area contributed by atoms with Crippen LogP contribution in [0.3, 0.4) is 0 Å². The first-order chi connectivity index (χ1) is 15.0. The van der Waals surface area contributed by atoms with E-state index in [0.29, 0.717) is 0 Å². The van der Waals surface area contributed by atoms with Gasteiger partial charge in [0, 0.05) is 14.1 Å². The number of hydrogen-bond donors (Lipinski definition) is 0. The number of ether oxygens (including phenoxy) is 3. The molecule has 0 aliphatic rings. The molecule has 2 aromatic heterocycles. The Morgan fingerprint density at radius 3 is 1.71 bits per heavy atom. The zero-order valence-electron chi connectivity index (χ0n) is 18.4. The van der Waals surface area contributed by atoms with Gasteiger partial charge in [-0.1, -0.05) is 6.07 Å². The van der Waals surface area contributed by atoms with Crippen LogP contribution in [0, 0.1) is 6.92 Å². The molecule has 0 saturated heterocycles. The van der Waals surface area contributed by atoms with Crippen LogP contribution in [0.4, 0.5) is 0 Å². The number of nitrogens with zero attached hydrogens (tertiary/aromatic N) is 2. The van der Waals surface area contributed by atoms with Crippen LogP contribution in [-0.4, -0.2) is 30.5 Å². The Kier molecular flexibility index (Phi) is 4.75. The molecule has 2 heterocycles. The van der Waals surface area contributed by atoms with Crippen molar-refractivity contribution in [1.82, 2.24) is 9.13 Å². The number of aryl methyl sites for hydroxylation is 3. The van der Waals surface area contributed by atoms with Crippen LogP contribution < -0.4 is 14.2 Å². The lowest BCUT2D eigenvalue weighted by molar-refractivity contribution is 0.415. The van der Waals surface area contributed by atoms with E-state index in [2.05, 4.69) is 60.5 Å². The van der Waals surface area contributed by atoms with Crippen molar-refractivity contribution in [2.75, 3.05) is 21.3 Å². The third-order valence-corrected chi connectivity index (χ3v) is 8.04. The highest BCUT2D eigenvalue weighted by Gasteiger charge is 2.22. The molecule has 0 atom stereocenters. The molecule has 0 radical (unpaired) electrons. The fourth-order valence-electron chi connectivity index (χ4n) is 4.24. The van der Waals surface area contributed by atoms with Crippen molar-refractivity contribution in [3.63, 3.8) is 0 Å². The van der Waals surface area contributed by atoms with Gasteiger partial charge in [0.25, 0.3) is 0 Å². The molecular formula is C24H24N2O3S2. The van der Waals surface area contributed by atoms with Gasteiger partial charge >= 0.3 is 0 Å². The average Bonchev–Trinajstić information content (AvgIpc) is 2.77. The monoisotopic (exact) mass is 452 g/mol. The van der Waals surface area contributed by atoms with Crippen molar-refractivity contribution in [2.24, 2.45) is 14.1 Å².